The minimum absolute atomic E-state index is 0.0173. The molecule has 0 bridgehead atoms. The number of esters is 6. The summed E-state index contributed by atoms with van der Waals surface area (Å²) < 4.78 is 84.4. The van der Waals surface area contributed by atoms with Crippen LogP contribution in [0.5, 0.6) is 0 Å². The average Bonchev–Trinajstić information content (AvgIpc) is 1.61. The van der Waals surface area contributed by atoms with Crippen LogP contribution < -0.4 is 38.5 Å². The summed E-state index contributed by atoms with van der Waals surface area (Å²) >= 11 is 0. The Hall–Kier alpha value is -10.2. The molecule has 0 radical (unpaired) electrons. The third-order valence-corrected chi connectivity index (χ3v) is 25.3. The molecule has 21 atom stereocenters. The summed E-state index contributed by atoms with van der Waals surface area (Å²) in [5, 5.41) is 35.9. The third-order valence-electron chi connectivity index (χ3n) is 24.1. The summed E-state index contributed by atoms with van der Waals surface area (Å²) in [6.45, 7) is 19.0. The van der Waals surface area contributed by atoms with Gasteiger partial charge in [-0.3, -0.25) is 22.7 Å². The quantitative estimate of drug-likeness (QED) is 0.00539. The van der Waals surface area contributed by atoms with E-state index < -0.39 is 74.4 Å². The number of nitrogens with two attached hydrogens (primary N) is 3. The standard InChI is InChI=1S/C14H22N4O3.C14H24N2O3.2C13H21N3O5S.C13H22N2O3.C12H20N4O2.C12H19NO2/c1-4-5-6-10-7-11(14(20)21-3)8-12(17-18-15)13(10)16-9(2)19;1-4-5-6-10-7-11(14(18)19-3)8-12(15)13(10)16-9(2)17;1-4-5-6-9-7-10(13(17)20-2)8-11(12(9)15-16-14)21-22(3,18)19;1-4-5-6-9-7-10(13(17)20-2)8-11(15-16-14)12(9)21-22(3,18)19;1-3-4-5-9-6-10(13(17)18)7-11(14)12(9)15-8(2)16;1-3-4-5-8-6-9(12(17)18-2)7-10(11(8)13)15-16-14;1-3-4-5-8-6-9(12(14)15-2)7-10-11(8)13-10/h7,10,12-13H,4-6,8H2,1-3H3,(H,16,19);7,10,12-13H,4-6,8,15H2,1-3H3,(H,16,17);2*7,9,11-12H,4-6,8H2,1-3H3;6,9,11-12H,3-5,7,14H2,1-2H3,(H,15,16)(H,17,18);6,8,10-11H,3-5,7,13H2,1-2H3;6,8,10-11,13H,3-5,7H2,1-2H3/t10-,12?,13+;10-,12+,13+;9-,11?,12+;9-,11?,12-;9-,11+,12+;8-,10?,11+;8-,10-,11+/m1111111/s1. The maximum absolute atomic E-state index is 11.8. The van der Waals surface area contributed by atoms with E-state index in [9.17, 15) is 64.8 Å². The number of ether oxygens (including phenoxy) is 6. The average molecular weight is 1940 g/mol. The van der Waals surface area contributed by atoms with Gasteiger partial charge in [-0.1, -0.05) is 201 Å². The normalized spacial score (nSPS) is 26.6. The van der Waals surface area contributed by atoms with Gasteiger partial charge in [0, 0.05) is 128 Å². The number of azide groups is 4. The summed E-state index contributed by atoms with van der Waals surface area (Å²) in [4.78, 5) is 126. The molecule has 4 unspecified atom stereocenters. The fraction of sp³-hybridized carbons (Fsp3) is 0.736. The Labute approximate surface area is 794 Å². The van der Waals surface area contributed by atoms with Gasteiger partial charge in [-0.25, -0.2) is 33.6 Å². The second-order valence-corrected chi connectivity index (χ2v) is 37.9. The van der Waals surface area contributed by atoms with E-state index in [2.05, 4.69) is 102 Å². The number of aliphatic carboxylic acids is 1. The van der Waals surface area contributed by atoms with Crippen molar-refractivity contribution < 1.29 is 107 Å². The number of carboxylic acids is 1. The molecule has 0 aromatic heterocycles. The SMILES string of the molecule is CCCC[C@@H]1C=C(C(=O)O)C[C@H](N)[C@H]1NC(C)=O.CCCC[C@@H]1C=C(C(=O)OC)CC(N=[N+]=[N-])[C@@H]1OS(C)(=O)=O.CCCC[C@@H]1C=C(C(=O)OC)CC(N=[N+]=[N-])[C@H]1N.CCCC[C@@H]1C=C(C(=O)OC)CC(N=[N+]=[N-])[C@H]1NC(C)=O.CCCC[C@@H]1C=C(C(=O)OC)CC(OS(C)(=O)=O)[C@H]1N=[N+]=[N-].CCCC[C@@H]1C=C(C(=O)OC)C[C@H](N)[C@H]1NC(C)=O.CCCC[C@@H]1C=C(C(=O)OC)C[C@H]2N[C@@H]12. The van der Waals surface area contributed by atoms with Crippen LogP contribution in [0.1, 0.15) is 249 Å². The molecule has 11 N–H and O–H groups in total. The molecular formula is C91H149N19O23S2. The first kappa shape index (κ1) is 121. The predicted octanol–water partition coefficient (Wildman–Crippen LogP) is 13.2. The van der Waals surface area contributed by atoms with Crippen molar-refractivity contribution in [3.8, 4) is 0 Å². The Kier molecular flexibility index (Phi) is 57.3. The predicted molar refractivity (Wildman–Crippen MR) is 508 cm³/mol. The van der Waals surface area contributed by atoms with E-state index in [4.69, 9.17) is 81.2 Å². The van der Waals surface area contributed by atoms with Crippen molar-refractivity contribution >= 4 is 79.7 Å². The number of rotatable bonds is 39. The number of amides is 3. The van der Waals surface area contributed by atoms with Crippen molar-refractivity contribution in [2.45, 2.75) is 334 Å². The molecule has 8 aliphatic rings. The van der Waals surface area contributed by atoms with E-state index in [-0.39, 0.29) is 133 Å². The minimum atomic E-state index is -3.74. The fourth-order valence-electron chi connectivity index (χ4n) is 17.5. The van der Waals surface area contributed by atoms with E-state index in [0.717, 1.165) is 127 Å². The second-order valence-electron chi connectivity index (χ2n) is 34.7. The van der Waals surface area contributed by atoms with Crippen molar-refractivity contribution in [1.82, 2.24) is 21.3 Å². The van der Waals surface area contributed by atoms with E-state index in [1.807, 2.05) is 32.1 Å². The Balaban J connectivity index is 0.000000534. The van der Waals surface area contributed by atoms with Crippen molar-refractivity contribution in [3.63, 3.8) is 0 Å². The molecule has 758 valence electrons. The molecule has 0 aromatic rings. The molecule has 3 amide bonds. The molecule has 0 spiro atoms. The van der Waals surface area contributed by atoms with Crippen molar-refractivity contribution in [1.29, 1.82) is 0 Å². The number of nitrogens with one attached hydrogen (secondary N) is 4. The zero-order valence-electron chi connectivity index (χ0n) is 81.8. The lowest BCUT2D eigenvalue weighted by Crippen LogP contribution is -2.53. The number of carbonyl (C=O) groups excluding carboxylic acids is 9. The number of nitrogens with zero attached hydrogens (tertiary/aromatic N) is 12. The van der Waals surface area contributed by atoms with Crippen molar-refractivity contribution in [2.75, 3.05) is 55.2 Å². The maximum atomic E-state index is 11.8. The summed E-state index contributed by atoms with van der Waals surface area (Å²) in [7, 11) is 0.588. The number of hydrogen-bond donors (Lipinski definition) is 8. The van der Waals surface area contributed by atoms with Gasteiger partial charge in [0.1, 0.15) is 0 Å². The Morgan fingerprint density at radius 1 is 0.385 bits per heavy atom. The Bertz CT molecular complexity index is 4570. The van der Waals surface area contributed by atoms with Crippen LogP contribution in [0, 0.1) is 41.4 Å². The number of unbranched alkanes of at least 4 members (excludes halogenated alkanes) is 7. The first-order valence-corrected chi connectivity index (χ1v) is 50.1. The highest BCUT2D eigenvalue weighted by molar-refractivity contribution is 7.86. The van der Waals surface area contributed by atoms with Crippen molar-refractivity contribution in [3.05, 3.63) is 123 Å². The van der Waals surface area contributed by atoms with E-state index >= 15 is 0 Å². The van der Waals surface area contributed by atoms with E-state index in [1.54, 1.807) is 18.2 Å². The van der Waals surface area contributed by atoms with Gasteiger partial charge in [0.2, 0.25) is 17.7 Å². The first-order valence-electron chi connectivity index (χ1n) is 46.5. The Morgan fingerprint density at radius 3 is 1.06 bits per heavy atom. The van der Waals surface area contributed by atoms with Gasteiger partial charge in [0.25, 0.3) is 20.2 Å². The molecule has 135 heavy (non-hydrogen) atoms. The summed E-state index contributed by atoms with van der Waals surface area (Å²) in [6, 6.07) is -2.43. The number of hydrogen-bond acceptors (Lipinski definition) is 30. The van der Waals surface area contributed by atoms with Crippen LogP contribution in [0.2, 0.25) is 0 Å². The van der Waals surface area contributed by atoms with Gasteiger partial charge in [0.15, 0.2) is 0 Å². The number of carbonyl (C=O) groups is 10. The van der Waals surface area contributed by atoms with Crippen LogP contribution in [-0.2, 0) is 105 Å². The molecule has 1 saturated heterocycles. The number of fused-ring (bicyclic) bond motifs is 1. The lowest BCUT2D eigenvalue weighted by molar-refractivity contribution is -0.137. The van der Waals surface area contributed by atoms with Crippen LogP contribution in [0.4, 0.5) is 0 Å². The zero-order valence-corrected chi connectivity index (χ0v) is 83.4. The van der Waals surface area contributed by atoms with Gasteiger partial charge < -0.3 is 72.0 Å². The molecule has 42 nitrogen and oxygen atoms in total. The number of carboxylic acid groups (broad SMARTS) is 1. The van der Waals surface area contributed by atoms with Gasteiger partial charge in [-0.2, -0.15) is 16.8 Å². The molecular weight excluding hydrogens is 1790 g/mol. The van der Waals surface area contributed by atoms with Crippen LogP contribution in [0.15, 0.2) is 102 Å². The van der Waals surface area contributed by atoms with Crippen LogP contribution in [-0.4, -0.2) is 221 Å². The smallest absolute Gasteiger partial charge is 0.333 e. The monoisotopic (exact) mass is 1940 g/mol. The van der Waals surface area contributed by atoms with E-state index in [1.165, 1.54) is 82.7 Å². The second kappa shape index (κ2) is 64.0. The van der Waals surface area contributed by atoms with Crippen LogP contribution >= 0.6 is 0 Å². The van der Waals surface area contributed by atoms with Gasteiger partial charge in [0.05, 0.1) is 104 Å². The third kappa shape index (κ3) is 43.4. The topological polar surface area (TPSA) is 664 Å². The largest absolute Gasteiger partial charge is 0.478 e. The molecule has 0 saturated carbocycles. The van der Waals surface area contributed by atoms with E-state index in [0.29, 0.717) is 83.5 Å². The van der Waals surface area contributed by atoms with Crippen LogP contribution in [0.25, 0.3) is 41.8 Å². The first-order chi connectivity index (χ1) is 64.0. The highest BCUT2D eigenvalue weighted by atomic mass is 32.2. The molecule has 8 rings (SSSR count). The zero-order chi connectivity index (χ0) is 102. The lowest BCUT2D eigenvalue weighted by Gasteiger charge is -2.35. The molecule has 0 aromatic carbocycles. The minimum Gasteiger partial charge on any atom is -0.478 e. The van der Waals surface area contributed by atoms with Crippen molar-refractivity contribution in [2.24, 2.45) is 79.1 Å². The van der Waals surface area contributed by atoms with Gasteiger partial charge >= 0.3 is 41.8 Å². The molecule has 7 aliphatic carbocycles. The molecule has 44 heteroatoms. The fourth-order valence-corrected chi connectivity index (χ4v) is 18.8. The molecule has 1 fully saturated rings. The highest BCUT2D eigenvalue weighted by Gasteiger charge is 2.47. The van der Waals surface area contributed by atoms with Gasteiger partial charge in [-0.05, 0) is 141 Å². The molecule has 1 aliphatic heterocycles. The summed E-state index contributed by atoms with van der Waals surface area (Å²) in [6.07, 6.45) is 35.7. The summed E-state index contributed by atoms with van der Waals surface area (Å²) in [5.74, 6) is -3.44. The van der Waals surface area contributed by atoms with Gasteiger partial charge in [-0.15, -0.1) is 0 Å². The number of methoxy groups -OCH3 is 6. The lowest BCUT2D eigenvalue weighted by atomic mass is 9.80. The highest BCUT2D eigenvalue weighted by Crippen LogP contribution is 2.40. The maximum Gasteiger partial charge on any atom is 0.333 e. The summed E-state index contributed by atoms with van der Waals surface area (Å²) in [5.41, 5.74) is 56.6. The van der Waals surface area contributed by atoms with Crippen LogP contribution in [0.3, 0.4) is 0 Å². The molecule has 1 heterocycles. The Morgan fingerprint density at radius 2 is 0.674 bits per heavy atom.